The predicted molar refractivity (Wildman–Crippen MR) is 72.6 cm³/mol. The maximum atomic E-state index is 11.7. The van der Waals surface area contributed by atoms with Crippen molar-refractivity contribution in [3.63, 3.8) is 0 Å². The van der Waals surface area contributed by atoms with Crippen LogP contribution in [0.5, 0.6) is 0 Å². The molecule has 1 amide bonds. The number of aliphatic hydroxyl groups excluding tert-OH is 1. The predicted octanol–water partition coefficient (Wildman–Crippen LogP) is 2.46. The van der Waals surface area contributed by atoms with Gasteiger partial charge < -0.3 is 15.2 Å². The molecule has 0 aliphatic heterocycles. The molecule has 104 valence electrons. The number of amides is 1. The molecule has 0 bridgehead atoms. The number of rotatable bonds is 3. The monoisotopic (exact) mass is 263 g/mol. The summed E-state index contributed by atoms with van der Waals surface area (Å²) in [6.45, 7) is 2.39. The Bertz CT molecular complexity index is 407. The molecule has 4 nitrogen and oxygen atoms in total. The first-order valence-electron chi connectivity index (χ1n) is 6.80. The van der Waals surface area contributed by atoms with Gasteiger partial charge in [0.05, 0.1) is 12.1 Å². The molecule has 0 heterocycles. The number of hydrogen-bond acceptors (Lipinski definition) is 3. The van der Waals surface area contributed by atoms with Gasteiger partial charge in [-0.15, -0.1) is 0 Å². The number of nitrogens with one attached hydrogen (secondary N) is 1. The molecule has 0 spiro atoms. The van der Waals surface area contributed by atoms with Crippen LogP contribution in [-0.2, 0) is 11.3 Å². The molecule has 2 rings (SSSR count). The van der Waals surface area contributed by atoms with Crippen molar-refractivity contribution in [2.24, 2.45) is 5.92 Å². The molecule has 1 saturated carbocycles. The highest BCUT2D eigenvalue weighted by Gasteiger charge is 2.28. The Hall–Kier alpha value is -1.55. The van der Waals surface area contributed by atoms with Crippen molar-refractivity contribution in [1.29, 1.82) is 0 Å². The number of carbonyl (C=O) groups is 1. The minimum absolute atomic E-state index is 0.188. The molecule has 1 aliphatic rings. The zero-order valence-electron chi connectivity index (χ0n) is 11.2. The minimum Gasteiger partial charge on any atom is -0.445 e. The number of carbonyl (C=O) groups excluding carboxylic acids is 1. The third kappa shape index (κ3) is 4.24. The van der Waals surface area contributed by atoms with Gasteiger partial charge in [-0.25, -0.2) is 4.79 Å². The Labute approximate surface area is 113 Å². The van der Waals surface area contributed by atoms with E-state index in [4.69, 9.17) is 4.74 Å². The van der Waals surface area contributed by atoms with Crippen LogP contribution in [0.3, 0.4) is 0 Å². The van der Waals surface area contributed by atoms with E-state index in [0.717, 1.165) is 24.8 Å². The van der Waals surface area contributed by atoms with Crippen molar-refractivity contribution in [3.05, 3.63) is 35.9 Å². The third-order valence-electron chi connectivity index (χ3n) is 3.59. The summed E-state index contributed by atoms with van der Waals surface area (Å²) in [5.41, 5.74) is 0.954. The summed E-state index contributed by atoms with van der Waals surface area (Å²) in [7, 11) is 0. The van der Waals surface area contributed by atoms with E-state index in [1.807, 2.05) is 30.3 Å². The quantitative estimate of drug-likeness (QED) is 0.880. The van der Waals surface area contributed by atoms with Crippen LogP contribution >= 0.6 is 0 Å². The summed E-state index contributed by atoms with van der Waals surface area (Å²) in [6.07, 6.45) is 1.65. The van der Waals surface area contributed by atoms with Crippen molar-refractivity contribution in [2.75, 3.05) is 0 Å². The molecular formula is C15H21NO3. The molecule has 0 aromatic heterocycles. The highest BCUT2D eigenvalue weighted by atomic mass is 16.5. The van der Waals surface area contributed by atoms with E-state index in [2.05, 4.69) is 12.2 Å². The van der Waals surface area contributed by atoms with Gasteiger partial charge in [-0.3, -0.25) is 0 Å². The van der Waals surface area contributed by atoms with Crippen molar-refractivity contribution in [3.8, 4) is 0 Å². The van der Waals surface area contributed by atoms with Crippen LogP contribution in [0.4, 0.5) is 4.79 Å². The number of hydrogen-bond donors (Lipinski definition) is 2. The molecule has 0 radical (unpaired) electrons. The van der Waals surface area contributed by atoms with Gasteiger partial charge in [-0.2, -0.15) is 0 Å². The van der Waals surface area contributed by atoms with Gasteiger partial charge in [0.15, 0.2) is 0 Å². The molecule has 1 aromatic rings. The van der Waals surface area contributed by atoms with E-state index in [0.29, 0.717) is 5.92 Å². The van der Waals surface area contributed by atoms with Crippen LogP contribution < -0.4 is 5.32 Å². The van der Waals surface area contributed by atoms with Crippen LogP contribution in [0.1, 0.15) is 31.7 Å². The molecular weight excluding hydrogens is 242 g/mol. The largest absolute Gasteiger partial charge is 0.445 e. The molecule has 1 aromatic carbocycles. The lowest BCUT2D eigenvalue weighted by Crippen LogP contribution is -2.46. The minimum atomic E-state index is -0.458. The standard InChI is InChI=1S/C15H21NO3/c1-11-7-8-14(17)13(9-11)16-15(18)19-10-12-5-3-2-4-6-12/h2-6,11,13-14,17H,7-10H2,1H3,(H,16,18). The SMILES string of the molecule is CC1CCC(O)C(NC(=O)OCc2ccccc2)C1. The van der Waals surface area contributed by atoms with Gasteiger partial charge >= 0.3 is 6.09 Å². The lowest BCUT2D eigenvalue weighted by molar-refractivity contribution is 0.0645. The molecule has 0 saturated heterocycles. The molecule has 3 atom stereocenters. The summed E-state index contributed by atoms with van der Waals surface area (Å²) in [5, 5.41) is 12.6. The summed E-state index contributed by atoms with van der Waals surface area (Å²) in [5.74, 6) is 0.530. The van der Waals surface area contributed by atoms with E-state index in [9.17, 15) is 9.90 Å². The number of aliphatic hydroxyl groups is 1. The third-order valence-corrected chi connectivity index (χ3v) is 3.59. The van der Waals surface area contributed by atoms with Crippen molar-refractivity contribution >= 4 is 6.09 Å². The smallest absolute Gasteiger partial charge is 0.407 e. The second kappa shape index (κ2) is 6.57. The maximum absolute atomic E-state index is 11.7. The molecule has 19 heavy (non-hydrogen) atoms. The Kier molecular flexibility index (Phi) is 4.80. The Morgan fingerprint density at radius 2 is 2.11 bits per heavy atom. The summed E-state index contributed by atoms with van der Waals surface area (Å²) < 4.78 is 5.15. The molecule has 1 fully saturated rings. The highest BCUT2D eigenvalue weighted by molar-refractivity contribution is 5.67. The van der Waals surface area contributed by atoms with E-state index in [1.165, 1.54) is 0 Å². The van der Waals surface area contributed by atoms with Crippen LogP contribution in [0.25, 0.3) is 0 Å². The van der Waals surface area contributed by atoms with Crippen LogP contribution in [0.15, 0.2) is 30.3 Å². The van der Waals surface area contributed by atoms with Gasteiger partial charge in [0.25, 0.3) is 0 Å². The lowest BCUT2D eigenvalue weighted by Gasteiger charge is -2.31. The maximum Gasteiger partial charge on any atom is 0.407 e. The lowest BCUT2D eigenvalue weighted by atomic mass is 9.85. The second-order valence-corrected chi connectivity index (χ2v) is 5.30. The van der Waals surface area contributed by atoms with Crippen LogP contribution in [0, 0.1) is 5.92 Å². The fourth-order valence-corrected chi connectivity index (χ4v) is 2.44. The number of benzene rings is 1. The van der Waals surface area contributed by atoms with Crippen molar-refractivity contribution < 1.29 is 14.6 Å². The van der Waals surface area contributed by atoms with E-state index >= 15 is 0 Å². The first-order valence-corrected chi connectivity index (χ1v) is 6.80. The molecule has 4 heteroatoms. The van der Waals surface area contributed by atoms with Crippen LogP contribution in [0.2, 0.25) is 0 Å². The molecule has 2 N–H and O–H groups in total. The highest BCUT2D eigenvalue weighted by Crippen LogP contribution is 2.24. The van der Waals surface area contributed by atoms with E-state index < -0.39 is 12.2 Å². The fourth-order valence-electron chi connectivity index (χ4n) is 2.44. The first-order chi connectivity index (χ1) is 9.15. The molecule has 1 aliphatic carbocycles. The fraction of sp³-hybridized carbons (Fsp3) is 0.533. The average molecular weight is 263 g/mol. The van der Waals surface area contributed by atoms with Gasteiger partial charge in [-0.05, 0) is 30.7 Å². The average Bonchev–Trinajstić information content (AvgIpc) is 2.42. The number of alkyl carbamates (subject to hydrolysis) is 1. The van der Waals surface area contributed by atoms with Gasteiger partial charge in [0.2, 0.25) is 0 Å². The zero-order chi connectivity index (χ0) is 13.7. The van der Waals surface area contributed by atoms with E-state index in [1.54, 1.807) is 0 Å². The molecule has 3 unspecified atom stereocenters. The Morgan fingerprint density at radius 1 is 1.37 bits per heavy atom. The topological polar surface area (TPSA) is 58.6 Å². The summed E-state index contributed by atoms with van der Waals surface area (Å²) in [4.78, 5) is 11.7. The first kappa shape index (κ1) is 13.9. The van der Waals surface area contributed by atoms with Crippen LogP contribution in [-0.4, -0.2) is 23.3 Å². The van der Waals surface area contributed by atoms with Gasteiger partial charge in [0.1, 0.15) is 6.61 Å². The van der Waals surface area contributed by atoms with Crippen molar-refractivity contribution in [1.82, 2.24) is 5.32 Å². The Morgan fingerprint density at radius 3 is 2.84 bits per heavy atom. The normalized spacial score (nSPS) is 26.7. The van der Waals surface area contributed by atoms with E-state index in [-0.39, 0.29) is 12.6 Å². The van der Waals surface area contributed by atoms with Gasteiger partial charge in [-0.1, -0.05) is 37.3 Å². The second-order valence-electron chi connectivity index (χ2n) is 5.30. The van der Waals surface area contributed by atoms with Gasteiger partial charge in [0, 0.05) is 0 Å². The number of ether oxygens (including phenoxy) is 1. The summed E-state index contributed by atoms with van der Waals surface area (Å²) in [6, 6.07) is 9.36. The summed E-state index contributed by atoms with van der Waals surface area (Å²) >= 11 is 0. The zero-order valence-corrected chi connectivity index (χ0v) is 11.2. The Balaban J connectivity index is 1.77. The van der Waals surface area contributed by atoms with Crippen molar-refractivity contribution in [2.45, 2.75) is 44.9 Å².